The molecular formula is C25H26BrNO3. The Hall–Kier alpha value is -2.79. The first kappa shape index (κ1) is 21.9. The summed E-state index contributed by atoms with van der Waals surface area (Å²) in [4.78, 5) is 13.0. The third-order valence-electron chi connectivity index (χ3n) is 5.07. The first-order valence-corrected chi connectivity index (χ1v) is 10.7. The van der Waals surface area contributed by atoms with Crippen LogP contribution in [0.3, 0.4) is 0 Å². The van der Waals surface area contributed by atoms with Crippen LogP contribution < -0.4 is 14.8 Å². The average Bonchev–Trinajstić information content (AvgIpc) is 2.79. The number of anilines is 1. The van der Waals surface area contributed by atoms with Crippen molar-refractivity contribution in [3.8, 4) is 11.5 Å². The van der Waals surface area contributed by atoms with E-state index in [1.807, 2.05) is 42.5 Å². The zero-order valence-corrected chi connectivity index (χ0v) is 19.0. The van der Waals surface area contributed by atoms with Crippen LogP contribution in [0.15, 0.2) is 71.2 Å². The quantitative estimate of drug-likeness (QED) is 0.367. The van der Waals surface area contributed by atoms with Crippen molar-refractivity contribution in [3.05, 3.63) is 87.9 Å². The lowest BCUT2D eigenvalue weighted by molar-refractivity contribution is 0.0976. The lowest BCUT2D eigenvalue weighted by Crippen LogP contribution is -2.16. The molecule has 1 atom stereocenters. The molecule has 156 valence electrons. The summed E-state index contributed by atoms with van der Waals surface area (Å²) in [7, 11) is 3.22. The molecule has 0 spiro atoms. The number of aryl methyl sites for hydroxylation is 1. The highest BCUT2D eigenvalue weighted by molar-refractivity contribution is 9.10. The Kier molecular flexibility index (Phi) is 7.52. The van der Waals surface area contributed by atoms with Gasteiger partial charge in [-0.2, -0.15) is 0 Å². The number of rotatable bonds is 9. The van der Waals surface area contributed by atoms with Crippen molar-refractivity contribution in [1.29, 1.82) is 0 Å². The van der Waals surface area contributed by atoms with Crippen molar-refractivity contribution in [3.63, 3.8) is 0 Å². The molecule has 0 heterocycles. The minimum atomic E-state index is -0.214. The molecule has 0 aliphatic heterocycles. The van der Waals surface area contributed by atoms with Crippen LogP contribution in [0.4, 0.5) is 5.69 Å². The molecule has 0 fully saturated rings. The summed E-state index contributed by atoms with van der Waals surface area (Å²) in [6.07, 6.45) is 1.30. The minimum Gasteiger partial charge on any atom is -0.493 e. The van der Waals surface area contributed by atoms with Crippen molar-refractivity contribution < 1.29 is 14.3 Å². The fraction of sp³-hybridized carbons (Fsp3) is 0.240. The Morgan fingerprint density at radius 3 is 2.20 bits per heavy atom. The van der Waals surface area contributed by atoms with Gasteiger partial charge in [-0.25, -0.2) is 0 Å². The molecule has 0 amide bonds. The zero-order chi connectivity index (χ0) is 21.5. The summed E-state index contributed by atoms with van der Waals surface area (Å²) < 4.78 is 11.8. The SMILES string of the molecule is CCc1ccc(NC(CC(=O)c2ccc(Br)cc2)c2ccc(OC)c(OC)c2)cc1. The third kappa shape index (κ3) is 5.42. The summed E-state index contributed by atoms with van der Waals surface area (Å²) in [6.45, 7) is 2.13. The molecule has 0 saturated carbocycles. The van der Waals surface area contributed by atoms with E-state index in [0.717, 1.165) is 22.1 Å². The predicted octanol–water partition coefficient (Wildman–Crippen LogP) is 6.45. The van der Waals surface area contributed by atoms with Gasteiger partial charge in [0, 0.05) is 22.1 Å². The topological polar surface area (TPSA) is 47.6 Å². The Bertz CT molecular complexity index is 984. The predicted molar refractivity (Wildman–Crippen MR) is 125 cm³/mol. The normalized spacial score (nSPS) is 11.6. The Labute approximate surface area is 186 Å². The minimum absolute atomic E-state index is 0.0694. The van der Waals surface area contributed by atoms with Gasteiger partial charge in [0.1, 0.15) is 0 Å². The fourth-order valence-corrected chi connectivity index (χ4v) is 3.56. The summed E-state index contributed by atoms with van der Waals surface area (Å²) in [5.41, 5.74) is 3.88. The maximum atomic E-state index is 13.0. The van der Waals surface area contributed by atoms with Gasteiger partial charge in [-0.05, 0) is 53.9 Å². The molecule has 0 aliphatic carbocycles. The van der Waals surface area contributed by atoms with Gasteiger partial charge in [-0.1, -0.05) is 53.2 Å². The van der Waals surface area contributed by atoms with Crippen LogP contribution in [0.1, 0.15) is 40.9 Å². The van der Waals surface area contributed by atoms with Gasteiger partial charge in [0.05, 0.1) is 20.3 Å². The number of ether oxygens (including phenoxy) is 2. The molecule has 5 heteroatoms. The van der Waals surface area contributed by atoms with Crippen molar-refractivity contribution in [2.45, 2.75) is 25.8 Å². The molecule has 4 nitrogen and oxygen atoms in total. The molecule has 3 aromatic rings. The maximum Gasteiger partial charge on any atom is 0.165 e. The molecular weight excluding hydrogens is 442 g/mol. The third-order valence-corrected chi connectivity index (χ3v) is 5.60. The monoisotopic (exact) mass is 467 g/mol. The number of halogens is 1. The van der Waals surface area contributed by atoms with E-state index in [-0.39, 0.29) is 11.8 Å². The summed E-state index contributed by atoms with van der Waals surface area (Å²) in [5, 5.41) is 3.52. The van der Waals surface area contributed by atoms with E-state index in [9.17, 15) is 4.79 Å². The fourth-order valence-electron chi connectivity index (χ4n) is 3.30. The molecule has 0 aliphatic rings. The number of hydrogen-bond acceptors (Lipinski definition) is 4. The van der Waals surface area contributed by atoms with E-state index in [1.54, 1.807) is 14.2 Å². The Morgan fingerprint density at radius 2 is 1.60 bits per heavy atom. The Balaban J connectivity index is 1.90. The van der Waals surface area contributed by atoms with E-state index in [1.165, 1.54) is 5.56 Å². The molecule has 3 rings (SSSR count). The molecule has 3 aromatic carbocycles. The van der Waals surface area contributed by atoms with E-state index < -0.39 is 0 Å². The lowest BCUT2D eigenvalue weighted by Gasteiger charge is -2.21. The van der Waals surface area contributed by atoms with Crippen molar-refractivity contribution >= 4 is 27.4 Å². The van der Waals surface area contributed by atoms with Crippen molar-refractivity contribution in [1.82, 2.24) is 0 Å². The summed E-state index contributed by atoms with van der Waals surface area (Å²) in [5.74, 6) is 1.37. The lowest BCUT2D eigenvalue weighted by atomic mass is 9.97. The van der Waals surface area contributed by atoms with Crippen LogP contribution in [0.5, 0.6) is 11.5 Å². The first-order valence-electron chi connectivity index (χ1n) is 9.90. The average molecular weight is 468 g/mol. The van der Waals surface area contributed by atoms with Gasteiger partial charge in [0.25, 0.3) is 0 Å². The number of nitrogens with one attached hydrogen (secondary N) is 1. The van der Waals surface area contributed by atoms with Crippen LogP contribution in [0.2, 0.25) is 0 Å². The zero-order valence-electron chi connectivity index (χ0n) is 17.4. The number of ketones is 1. The van der Waals surface area contributed by atoms with Crippen LogP contribution in [-0.4, -0.2) is 20.0 Å². The van der Waals surface area contributed by atoms with Crippen molar-refractivity contribution in [2.75, 3.05) is 19.5 Å². The Morgan fingerprint density at radius 1 is 0.933 bits per heavy atom. The molecule has 1 N–H and O–H groups in total. The highest BCUT2D eigenvalue weighted by Gasteiger charge is 2.19. The van der Waals surface area contributed by atoms with Gasteiger partial charge >= 0.3 is 0 Å². The van der Waals surface area contributed by atoms with E-state index in [4.69, 9.17) is 9.47 Å². The molecule has 0 aromatic heterocycles. The largest absolute Gasteiger partial charge is 0.493 e. The highest BCUT2D eigenvalue weighted by Crippen LogP contribution is 2.33. The van der Waals surface area contributed by atoms with Gasteiger partial charge in [0.2, 0.25) is 0 Å². The standard InChI is InChI=1S/C25H26BrNO3/c1-4-17-5-12-21(13-6-17)27-22(16-23(28)18-7-10-20(26)11-8-18)19-9-14-24(29-2)25(15-19)30-3/h5-15,22,27H,4,16H2,1-3H3. The van der Waals surface area contributed by atoms with Gasteiger partial charge in [-0.3, -0.25) is 4.79 Å². The molecule has 0 bridgehead atoms. The summed E-state index contributed by atoms with van der Waals surface area (Å²) >= 11 is 3.42. The van der Waals surface area contributed by atoms with Crippen molar-refractivity contribution in [2.24, 2.45) is 0 Å². The number of Topliss-reactive ketones (excluding diaryl/α,β-unsaturated/α-hetero) is 1. The maximum absolute atomic E-state index is 13.0. The highest BCUT2D eigenvalue weighted by atomic mass is 79.9. The summed E-state index contributed by atoms with van der Waals surface area (Å²) in [6, 6.07) is 21.3. The van der Waals surface area contributed by atoms with Gasteiger partial charge in [-0.15, -0.1) is 0 Å². The first-order chi connectivity index (χ1) is 14.5. The number of carbonyl (C=O) groups excluding carboxylic acids is 1. The molecule has 0 saturated heterocycles. The molecule has 30 heavy (non-hydrogen) atoms. The number of hydrogen-bond donors (Lipinski definition) is 1. The van der Waals surface area contributed by atoms with Gasteiger partial charge in [0.15, 0.2) is 17.3 Å². The van der Waals surface area contributed by atoms with Crippen LogP contribution >= 0.6 is 15.9 Å². The second-order valence-corrected chi connectivity index (χ2v) is 7.91. The number of methoxy groups -OCH3 is 2. The van der Waals surface area contributed by atoms with E-state index in [2.05, 4.69) is 52.4 Å². The van der Waals surface area contributed by atoms with E-state index in [0.29, 0.717) is 23.5 Å². The number of benzene rings is 3. The second-order valence-electron chi connectivity index (χ2n) is 7.00. The molecule has 1 unspecified atom stereocenters. The van der Waals surface area contributed by atoms with Gasteiger partial charge < -0.3 is 14.8 Å². The second kappa shape index (κ2) is 10.3. The van der Waals surface area contributed by atoms with Crippen LogP contribution in [-0.2, 0) is 6.42 Å². The van der Waals surface area contributed by atoms with E-state index >= 15 is 0 Å². The number of carbonyl (C=O) groups is 1. The molecule has 0 radical (unpaired) electrons. The smallest absolute Gasteiger partial charge is 0.165 e. The van der Waals surface area contributed by atoms with Crippen LogP contribution in [0.25, 0.3) is 0 Å². The van der Waals surface area contributed by atoms with Crippen LogP contribution in [0, 0.1) is 0 Å².